The molecular weight excluding hydrogens is 497 g/mol. The number of nitrogens with zero attached hydrogens (tertiary/aromatic N) is 2. The number of alkyl halides is 3. The SMILES string of the molecule is CCOC(=O)[C@@H]1CCCN(CC(=O)N2CCc3cc(OCc4ccc(C(C)C)c(C(F)(F)F)c4)ccc32)C1. The first-order valence-electron chi connectivity index (χ1n) is 13.2. The lowest BCUT2D eigenvalue weighted by molar-refractivity contribution is -0.150. The molecule has 0 aromatic heterocycles. The van der Waals surface area contributed by atoms with Crippen molar-refractivity contribution in [2.75, 3.05) is 37.7 Å². The molecule has 2 aliphatic heterocycles. The first-order valence-corrected chi connectivity index (χ1v) is 13.2. The highest BCUT2D eigenvalue weighted by molar-refractivity contribution is 5.97. The third kappa shape index (κ3) is 6.49. The Kier molecular flexibility index (Phi) is 8.65. The van der Waals surface area contributed by atoms with Crippen LogP contribution in [-0.2, 0) is 33.5 Å². The largest absolute Gasteiger partial charge is 0.489 e. The number of amides is 1. The van der Waals surface area contributed by atoms with Crippen molar-refractivity contribution < 1.29 is 32.2 Å². The molecule has 1 saturated heterocycles. The van der Waals surface area contributed by atoms with Crippen molar-refractivity contribution in [2.24, 2.45) is 5.92 Å². The summed E-state index contributed by atoms with van der Waals surface area (Å²) in [6.07, 6.45) is -2.13. The maximum Gasteiger partial charge on any atom is 0.416 e. The molecule has 2 aliphatic rings. The minimum Gasteiger partial charge on any atom is -0.489 e. The Hall–Kier alpha value is -3.07. The van der Waals surface area contributed by atoms with Gasteiger partial charge in [-0.15, -0.1) is 0 Å². The Labute approximate surface area is 221 Å². The Bertz CT molecular complexity index is 1160. The van der Waals surface area contributed by atoms with Crippen LogP contribution in [0.5, 0.6) is 5.75 Å². The average molecular weight is 533 g/mol. The van der Waals surface area contributed by atoms with Crippen LogP contribution in [0, 0.1) is 5.92 Å². The molecule has 0 radical (unpaired) electrons. The molecule has 1 amide bonds. The summed E-state index contributed by atoms with van der Waals surface area (Å²) in [7, 11) is 0. The third-order valence-electron chi connectivity index (χ3n) is 7.18. The molecule has 0 aliphatic carbocycles. The van der Waals surface area contributed by atoms with Gasteiger partial charge >= 0.3 is 12.1 Å². The molecule has 4 rings (SSSR count). The number of fused-ring (bicyclic) bond motifs is 1. The van der Waals surface area contributed by atoms with E-state index in [1.165, 1.54) is 6.07 Å². The standard InChI is InChI=1S/C29H35F3N2O4/c1-4-37-28(36)22-6-5-12-33(16-22)17-27(35)34-13-11-21-15-23(8-10-26(21)34)38-18-20-7-9-24(19(2)3)25(14-20)29(30,31)32/h7-10,14-15,19,22H,4-6,11-13,16-18H2,1-3H3/t22-/m1/s1. The number of carbonyl (C=O) groups is 2. The zero-order valence-corrected chi connectivity index (χ0v) is 22.1. The minimum atomic E-state index is -4.42. The lowest BCUT2D eigenvalue weighted by atomic mass is 9.95. The maximum atomic E-state index is 13.5. The molecular formula is C29H35F3N2O4. The lowest BCUT2D eigenvalue weighted by Gasteiger charge is -2.32. The highest BCUT2D eigenvalue weighted by atomic mass is 19.4. The Morgan fingerprint density at radius 1 is 1.11 bits per heavy atom. The van der Waals surface area contributed by atoms with Crippen LogP contribution in [0.15, 0.2) is 36.4 Å². The third-order valence-corrected chi connectivity index (χ3v) is 7.18. The molecule has 0 N–H and O–H groups in total. The average Bonchev–Trinajstić information content (AvgIpc) is 3.30. The summed E-state index contributed by atoms with van der Waals surface area (Å²) in [6.45, 7) is 7.72. The number of rotatable bonds is 8. The quantitative estimate of drug-likeness (QED) is 0.416. The van der Waals surface area contributed by atoms with Gasteiger partial charge in [-0.1, -0.05) is 26.0 Å². The summed E-state index contributed by atoms with van der Waals surface area (Å²) < 4.78 is 51.6. The van der Waals surface area contributed by atoms with Gasteiger partial charge in [-0.05, 0) is 79.6 Å². The maximum absolute atomic E-state index is 13.5. The minimum absolute atomic E-state index is 0.0134. The smallest absolute Gasteiger partial charge is 0.416 e. The number of hydrogen-bond acceptors (Lipinski definition) is 5. The van der Waals surface area contributed by atoms with Crippen molar-refractivity contribution in [2.45, 2.75) is 58.7 Å². The molecule has 2 aromatic rings. The second-order valence-corrected chi connectivity index (χ2v) is 10.3. The van der Waals surface area contributed by atoms with Crippen LogP contribution in [0.1, 0.15) is 61.8 Å². The van der Waals surface area contributed by atoms with Crippen molar-refractivity contribution in [1.82, 2.24) is 4.90 Å². The first kappa shape index (κ1) is 28.0. The number of anilines is 1. The van der Waals surface area contributed by atoms with Gasteiger partial charge in [-0.2, -0.15) is 13.2 Å². The fourth-order valence-corrected chi connectivity index (χ4v) is 5.26. The van der Waals surface area contributed by atoms with E-state index in [1.54, 1.807) is 37.8 Å². The Morgan fingerprint density at radius 3 is 2.61 bits per heavy atom. The number of carbonyl (C=O) groups excluding carboxylic acids is 2. The molecule has 38 heavy (non-hydrogen) atoms. The van der Waals surface area contributed by atoms with Gasteiger partial charge in [0, 0.05) is 18.8 Å². The van der Waals surface area contributed by atoms with Crippen molar-refractivity contribution in [3.8, 4) is 5.75 Å². The van der Waals surface area contributed by atoms with Crippen LogP contribution < -0.4 is 9.64 Å². The van der Waals surface area contributed by atoms with E-state index in [1.807, 2.05) is 17.0 Å². The van der Waals surface area contributed by atoms with Gasteiger partial charge in [0.05, 0.1) is 24.6 Å². The molecule has 2 heterocycles. The van der Waals surface area contributed by atoms with Gasteiger partial charge in [0.15, 0.2) is 0 Å². The predicted molar refractivity (Wildman–Crippen MR) is 138 cm³/mol. The molecule has 6 nitrogen and oxygen atoms in total. The number of hydrogen-bond donors (Lipinski definition) is 0. The summed E-state index contributed by atoms with van der Waals surface area (Å²) in [4.78, 5) is 29.0. The highest BCUT2D eigenvalue weighted by Crippen LogP contribution is 2.36. The Balaban J connectivity index is 1.37. The normalized spacial score (nSPS) is 18.0. The van der Waals surface area contributed by atoms with E-state index in [4.69, 9.17) is 9.47 Å². The molecule has 9 heteroatoms. The molecule has 1 fully saturated rings. The number of piperidine rings is 1. The number of benzene rings is 2. The van der Waals surface area contributed by atoms with Gasteiger partial charge in [0.25, 0.3) is 0 Å². The second kappa shape index (κ2) is 11.8. The summed E-state index contributed by atoms with van der Waals surface area (Å²) in [5, 5.41) is 0. The molecule has 0 unspecified atom stereocenters. The van der Waals surface area contributed by atoms with Crippen LogP contribution >= 0.6 is 0 Å². The molecule has 0 saturated carbocycles. The summed E-state index contributed by atoms with van der Waals surface area (Å²) in [5.74, 6) is -0.109. The van der Waals surface area contributed by atoms with Crippen molar-refractivity contribution in [3.63, 3.8) is 0 Å². The second-order valence-electron chi connectivity index (χ2n) is 10.3. The van der Waals surface area contributed by atoms with E-state index in [-0.39, 0.29) is 42.4 Å². The van der Waals surface area contributed by atoms with Crippen molar-refractivity contribution in [3.05, 3.63) is 58.7 Å². The highest BCUT2D eigenvalue weighted by Gasteiger charge is 2.34. The first-order chi connectivity index (χ1) is 18.1. The van der Waals surface area contributed by atoms with Crippen LogP contribution in [0.4, 0.5) is 18.9 Å². The van der Waals surface area contributed by atoms with E-state index in [0.717, 1.165) is 36.7 Å². The molecule has 206 valence electrons. The topological polar surface area (TPSA) is 59.1 Å². The zero-order valence-electron chi connectivity index (χ0n) is 22.1. The van der Waals surface area contributed by atoms with E-state index < -0.39 is 11.7 Å². The summed E-state index contributed by atoms with van der Waals surface area (Å²) in [5.41, 5.74) is 1.87. The van der Waals surface area contributed by atoms with Crippen LogP contribution in [-0.4, -0.2) is 49.6 Å². The number of halogens is 3. The van der Waals surface area contributed by atoms with E-state index in [0.29, 0.717) is 37.4 Å². The Morgan fingerprint density at radius 2 is 1.89 bits per heavy atom. The van der Waals surface area contributed by atoms with Crippen LogP contribution in [0.3, 0.4) is 0 Å². The summed E-state index contributed by atoms with van der Waals surface area (Å²) in [6, 6.07) is 9.79. The molecule has 2 aromatic carbocycles. The van der Waals surface area contributed by atoms with E-state index in [9.17, 15) is 22.8 Å². The molecule has 1 atom stereocenters. The van der Waals surface area contributed by atoms with Crippen LogP contribution in [0.2, 0.25) is 0 Å². The van der Waals surface area contributed by atoms with Crippen LogP contribution in [0.25, 0.3) is 0 Å². The fourth-order valence-electron chi connectivity index (χ4n) is 5.26. The van der Waals surface area contributed by atoms with Gasteiger partial charge in [0.1, 0.15) is 12.4 Å². The lowest BCUT2D eigenvalue weighted by Crippen LogP contribution is -2.45. The predicted octanol–water partition coefficient (Wildman–Crippen LogP) is 5.57. The number of esters is 1. The van der Waals surface area contributed by atoms with E-state index >= 15 is 0 Å². The van der Waals surface area contributed by atoms with Crippen molar-refractivity contribution in [1.29, 1.82) is 0 Å². The number of ether oxygens (including phenoxy) is 2. The van der Waals surface area contributed by atoms with Gasteiger partial charge in [0.2, 0.25) is 5.91 Å². The summed E-state index contributed by atoms with van der Waals surface area (Å²) >= 11 is 0. The van der Waals surface area contributed by atoms with Gasteiger partial charge in [-0.25, -0.2) is 0 Å². The number of likely N-dealkylation sites (tertiary alicyclic amines) is 1. The molecule has 0 bridgehead atoms. The van der Waals surface area contributed by atoms with E-state index in [2.05, 4.69) is 0 Å². The monoisotopic (exact) mass is 532 g/mol. The van der Waals surface area contributed by atoms with Crippen molar-refractivity contribution >= 4 is 17.6 Å². The zero-order chi connectivity index (χ0) is 27.4. The van der Waals surface area contributed by atoms with Gasteiger partial charge < -0.3 is 14.4 Å². The molecule has 0 spiro atoms. The van der Waals surface area contributed by atoms with Gasteiger partial charge in [-0.3, -0.25) is 14.5 Å². The fraction of sp³-hybridized carbons (Fsp3) is 0.517.